The molecule has 29 heavy (non-hydrogen) atoms. The van der Waals surface area contributed by atoms with E-state index in [0.29, 0.717) is 25.8 Å². The first kappa shape index (κ1) is 24.5. The summed E-state index contributed by atoms with van der Waals surface area (Å²) in [6.45, 7) is 9.20. The summed E-state index contributed by atoms with van der Waals surface area (Å²) in [4.78, 5) is 60.8. The van der Waals surface area contributed by atoms with E-state index in [1.54, 1.807) is 20.8 Å². The number of amides is 4. The molecule has 0 aromatic heterocycles. The van der Waals surface area contributed by atoms with Gasteiger partial charge in [-0.25, -0.2) is 0 Å². The lowest BCUT2D eigenvalue weighted by molar-refractivity contribution is -0.137. The third kappa shape index (κ3) is 7.79. The zero-order valence-corrected chi connectivity index (χ0v) is 18.0. The van der Waals surface area contributed by atoms with Gasteiger partial charge in [-0.2, -0.15) is 0 Å². The van der Waals surface area contributed by atoms with Crippen LogP contribution in [0.3, 0.4) is 0 Å². The molecule has 2 N–H and O–H groups in total. The first-order chi connectivity index (χ1) is 13.5. The predicted octanol–water partition coefficient (Wildman–Crippen LogP) is 1.34. The number of hydrogen-bond acceptors (Lipinski definition) is 5. The van der Waals surface area contributed by atoms with Gasteiger partial charge >= 0.3 is 0 Å². The number of carbonyl (C=O) groups is 5. The predicted molar refractivity (Wildman–Crippen MR) is 109 cm³/mol. The Morgan fingerprint density at radius 1 is 0.897 bits per heavy atom. The third-order valence-electron chi connectivity index (χ3n) is 4.81. The average Bonchev–Trinajstić information content (AvgIpc) is 2.96. The van der Waals surface area contributed by atoms with E-state index in [1.807, 2.05) is 13.8 Å². The fraction of sp³-hybridized carbons (Fsp3) is 0.667. The van der Waals surface area contributed by atoms with Gasteiger partial charge in [-0.3, -0.25) is 28.9 Å². The van der Waals surface area contributed by atoms with Gasteiger partial charge in [0.05, 0.1) is 6.04 Å². The smallest absolute Gasteiger partial charge is 0.253 e. The molecule has 4 amide bonds. The fourth-order valence-corrected chi connectivity index (χ4v) is 3.04. The van der Waals surface area contributed by atoms with Crippen LogP contribution in [-0.2, 0) is 24.0 Å². The van der Waals surface area contributed by atoms with Gasteiger partial charge in [0.15, 0.2) is 5.78 Å². The van der Waals surface area contributed by atoms with E-state index in [4.69, 9.17) is 0 Å². The van der Waals surface area contributed by atoms with E-state index >= 15 is 0 Å². The van der Waals surface area contributed by atoms with Crippen molar-refractivity contribution in [2.24, 2.45) is 11.8 Å². The first-order valence-corrected chi connectivity index (χ1v) is 10.2. The van der Waals surface area contributed by atoms with Crippen molar-refractivity contribution >= 4 is 29.4 Å². The topological polar surface area (TPSA) is 113 Å². The van der Waals surface area contributed by atoms with Crippen molar-refractivity contribution in [2.75, 3.05) is 6.54 Å². The molecule has 1 aliphatic rings. The fourth-order valence-electron chi connectivity index (χ4n) is 3.04. The van der Waals surface area contributed by atoms with Crippen LogP contribution in [0, 0.1) is 11.8 Å². The van der Waals surface area contributed by atoms with Crippen LogP contribution in [0.4, 0.5) is 0 Å². The lowest BCUT2D eigenvalue weighted by atomic mass is 10.00. The zero-order chi connectivity index (χ0) is 22.1. The molecule has 1 rings (SSSR count). The Bertz CT molecular complexity index is 651. The SMILES string of the molecule is CC(C)C(=O)C(C)NC(=O)[C@@H](NC(=O)CCCCCN1C(=O)C=CC1=O)C(C)C. The molecule has 0 spiro atoms. The molecule has 1 unspecified atom stereocenters. The number of ketones is 1. The van der Waals surface area contributed by atoms with Crippen LogP contribution in [0.5, 0.6) is 0 Å². The molecular formula is C21H33N3O5. The Morgan fingerprint density at radius 3 is 2.00 bits per heavy atom. The number of imide groups is 1. The third-order valence-corrected chi connectivity index (χ3v) is 4.81. The molecule has 0 saturated carbocycles. The van der Waals surface area contributed by atoms with Crippen LogP contribution in [0.15, 0.2) is 12.2 Å². The van der Waals surface area contributed by atoms with Gasteiger partial charge < -0.3 is 10.6 Å². The van der Waals surface area contributed by atoms with Crippen molar-refractivity contribution in [3.63, 3.8) is 0 Å². The number of nitrogens with zero attached hydrogens (tertiary/aromatic N) is 1. The summed E-state index contributed by atoms with van der Waals surface area (Å²) in [5.41, 5.74) is 0. The highest BCUT2D eigenvalue weighted by molar-refractivity contribution is 6.12. The summed E-state index contributed by atoms with van der Waals surface area (Å²) >= 11 is 0. The summed E-state index contributed by atoms with van der Waals surface area (Å²) in [7, 11) is 0. The molecule has 162 valence electrons. The Balaban J connectivity index is 2.38. The van der Waals surface area contributed by atoms with Crippen molar-refractivity contribution in [1.82, 2.24) is 15.5 Å². The maximum absolute atomic E-state index is 12.5. The van der Waals surface area contributed by atoms with Gasteiger partial charge in [-0.05, 0) is 25.7 Å². The van der Waals surface area contributed by atoms with E-state index in [1.165, 1.54) is 17.1 Å². The van der Waals surface area contributed by atoms with Gasteiger partial charge in [-0.15, -0.1) is 0 Å². The number of Topliss-reactive ketones (excluding diaryl/α,β-unsaturated/α-hetero) is 1. The van der Waals surface area contributed by atoms with Crippen molar-refractivity contribution < 1.29 is 24.0 Å². The molecule has 8 heteroatoms. The monoisotopic (exact) mass is 407 g/mol. The number of rotatable bonds is 12. The molecule has 0 saturated heterocycles. The Hall–Kier alpha value is -2.51. The van der Waals surface area contributed by atoms with E-state index in [9.17, 15) is 24.0 Å². The maximum atomic E-state index is 12.5. The number of unbranched alkanes of at least 4 members (excludes halogenated alkanes) is 2. The molecule has 1 aliphatic heterocycles. The second-order valence-corrected chi connectivity index (χ2v) is 8.05. The van der Waals surface area contributed by atoms with Gasteiger partial charge in [0.1, 0.15) is 6.04 Å². The number of nitrogens with one attached hydrogen (secondary N) is 2. The lowest BCUT2D eigenvalue weighted by Gasteiger charge is -2.24. The Labute approximate surface area is 172 Å². The molecule has 1 heterocycles. The lowest BCUT2D eigenvalue weighted by Crippen LogP contribution is -2.53. The largest absolute Gasteiger partial charge is 0.345 e. The van der Waals surface area contributed by atoms with Gasteiger partial charge in [0.2, 0.25) is 11.8 Å². The van der Waals surface area contributed by atoms with Crippen LogP contribution in [0.2, 0.25) is 0 Å². The number of hydrogen-bond donors (Lipinski definition) is 2. The second-order valence-electron chi connectivity index (χ2n) is 8.05. The van der Waals surface area contributed by atoms with Crippen molar-refractivity contribution in [2.45, 2.75) is 72.4 Å². The molecule has 8 nitrogen and oxygen atoms in total. The quantitative estimate of drug-likeness (QED) is 0.374. The Morgan fingerprint density at radius 2 is 1.48 bits per heavy atom. The molecule has 0 bridgehead atoms. The molecule has 0 aromatic carbocycles. The molecule has 0 aliphatic carbocycles. The van der Waals surface area contributed by atoms with Crippen LogP contribution >= 0.6 is 0 Å². The van der Waals surface area contributed by atoms with Crippen molar-refractivity contribution in [3.05, 3.63) is 12.2 Å². The van der Waals surface area contributed by atoms with Crippen molar-refractivity contribution in [1.29, 1.82) is 0 Å². The maximum Gasteiger partial charge on any atom is 0.253 e. The Kier molecular flexibility index (Phi) is 9.71. The van der Waals surface area contributed by atoms with E-state index in [0.717, 1.165) is 0 Å². The minimum Gasteiger partial charge on any atom is -0.345 e. The average molecular weight is 408 g/mol. The van der Waals surface area contributed by atoms with E-state index in [2.05, 4.69) is 10.6 Å². The summed E-state index contributed by atoms with van der Waals surface area (Å²) in [6.07, 6.45) is 4.64. The minimum absolute atomic E-state index is 0.0580. The molecule has 0 aromatic rings. The standard InChI is InChI=1S/C21H33N3O5/c1-13(2)19(21(29)22-15(5)20(28)14(3)4)23-16(25)9-7-6-8-12-24-17(26)10-11-18(24)27/h10-11,13-15,19H,6-9,12H2,1-5H3,(H,22,29)(H,23,25)/t15?,19-/m0/s1. The van der Waals surface area contributed by atoms with Crippen LogP contribution < -0.4 is 10.6 Å². The highest BCUT2D eigenvalue weighted by atomic mass is 16.2. The zero-order valence-electron chi connectivity index (χ0n) is 18.0. The van der Waals surface area contributed by atoms with Gasteiger partial charge in [-0.1, -0.05) is 34.1 Å². The normalized spacial score (nSPS) is 15.8. The molecular weight excluding hydrogens is 374 g/mol. The summed E-state index contributed by atoms with van der Waals surface area (Å²) in [5.74, 6) is -1.57. The highest BCUT2D eigenvalue weighted by Gasteiger charge is 2.27. The van der Waals surface area contributed by atoms with Crippen LogP contribution in [0.1, 0.15) is 60.3 Å². The van der Waals surface area contributed by atoms with Gasteiger partial charge in [0.25, 0.3) is 11.8 Å². The van der Waals surface area contributed by atoms with E-state index < -0.39 is 12.1 Å². The van der Waals surface area contributed by atoms with Crippen LogP contribution in [0.25, 0.3) is 0 Å². The minimum atomic E-state index is -0.712. The van der Waals surface area contributed by atoms with Gasteiger partial charge in [0, 0.05) is 31.0 Å². The molecule has 2 atom stereocenters. The van der Waals surface area contributed by atoms with Crippen molar-refractivity contribution in [3.8, 4) is 0 Å². The second kappa shape index (κ2) is 11.5. The first-order valence-electron chi connectivity index (χ1n) is 10.2. The summed E-state index contributed by atoms with van der Waals surface area (Å²) in [5, 5.41) is 5.43. The van der Waals surface area contributed by atoms with E-state index in [-0.39, 0.29) is 47.7 Å². The highest BCUT2D eigenvalue weighted by Crippen LogP contribution is 2.09. The molecule has 0 fully saturated rings. The summed E-state index contributed by atoms with van der Waals surface area (Å²) in [6, 6.07) is -1.32. The van der Waals surface area contributed by atoms with Crippen LogP contribution in [-0.4, -0.2) is 52.9 Å². The summed E-state index contributed by atoms with van der Waals surface area (Å²) < 4.78 is 0. The molecule has 0 radical (unpaired) electrons. The number of carbonyl (C=O) groups excluding carboxylic acids is 5.